The van der Waals surface area contributed by atoms with Gasteiger partial charge in [0.1, 0.15) is 5.83 Å². The van der Waals surface area contributed by atoms with Gasteiger partial charge in [-0.25, -0.2) is 8.78 Å². The number of hydrogen-bond donors (Lipinski definition) is 0. The van der Waals surface area contributed by atoms with Gasteiger partial charge in [0.25, 0.3) is 0 Å². The Morgan fingerprint density at radius 3 is 1.83 bits per heavy atom. The van der Waals surface area contributed by atoms with Gasteiger partial charge in [0.15, 0.2) is 11.6 Å². The molecular weight excluding hydrogens is 449 g/mol. The molecule has 0 spiro atoms. The van der Waals surface area contributed by atoms with Crippen molar-refractivity contribution in [3.05, 3.63) is 122 Å². The van der Waals surface area contributed by atoms with Crippen LogP contribution < -0.4 is 0 Å². The fourth-order valence-corrected chi connectivity index (χ4v) is 2.17. The molecule has 0 amide bonds. The maximum Gasteiger partial charge on any atom is 0.200 e. The quantitative estimate of drug-likeness (QED) is 0.122. The van der Waals surface area contributed by atoms with Crippen molar-refractivity contribution in [2.45, 2.75) is 46.6 Å². The Balaban J connectivity index is 0. The minimum atomic E-state index is -1.25. The van der Waals surface area contributed by atoms with Gasteiger partial charge in [-0.15, -0.1) is 13.2 Å². The van der Waals surface area contributed by atoms with Gasteiger partial charge in [0, 0.05) is 17.1 Å². The zero-order valence-corrected chi connectivity index (χ0v) is 21.8. The van der Waals surface area contributed by atoms with Crippen molar-refractivity contribution in [2.75, 3.05) is 13.2 Å². The van der Waals surface area contributed by atoms with Gasteiger partial charge in [0.2, 0.25) is 5.83 Å². The summed E-state index contributed by atoms with van der Waals surface area (Å²) in [5, 5.41) is 0. The molecule has 35 heavy (non-hydrogen) atoms. The van der Waals surface area contributed by atoms with Crippen molar-refractivity contribution in [1.29, 1.82) is 0 Å². The van der Waals surface area contributed by atoms with Crippen LogP contribution in [0.5, 0.6) is 0 Å². The highest BCUT2D eigenvalue weighted by Crippen LogP contribution is 2.28. The molecule has 194 valence electrons. The standard InChI is InChI=1S/C28H37F3O2.C2H4/c1-11-15-32-25(10)28(31)27(30)24(9)19(4)14-13-18(3)23(8)26(29)16-20(5)21(6)17-33-22(7)12-2;1-2/h13-14,16,21-22H,3-5,8-12,15,17H2,1-2,6-7H3;1-2H2/b14-13-,26-16+,28-27-;. The van der Waals surface area contributed by atoms with Crippen LogP contribution in [0, 0.1) is 5.92 Å². The number of ether oxygens (including phenoxy) is 2. The van der Waals surface area contributed by atoms with Crippen molar-refractivity contribution in [2.24, 2.45) is 5.92 Å². The molecule has 0 fully saturated rings. The second-order valence-corrected chi connectivity index (χ2v) is 7.76. The molecule has 0 bridgehead atoms. The largest absolute Gasteiger partial charge is 0.491 e. The number of hydrogen-bond acceptors (Lipinski definition) is 2. The smallest absolute Gasteiger partial charge is 0.200 e. The van der Waals surface area contributed by atoms with Crippen LogP contribution in [0.3, 0.4) is 0 Å². The molecule has 0 rings (SSSR count). The van der Waals surface area contributed by atoms with E-state index in [1.54, 1.807) is 0 Å². The van der Waals surface area contributed by atoms with Gasteiger partial charge < -0.3 is 9.47 Å². The van der Waals surface area contributed by atoms with Crippen LogP contribution in [0.25, 0.3) is 0 Å². The van der Waals surface area contributed by atoms with Crippen molar-refractivity contribution >= 4 is 0 Å². The number of halogens is 3. The average molecular weight is 491 g/mol. The zero-order chi connectivity index (χ0) is 27.7. The van der Waals surface area contributed by atoms with Crippen molar-refractivity contribution in [1.82, 2.24) is 0 Å². The van der Waals surface area contributed by atoms with Crippen LogP contribution in [0.4, 0.5) is 13.2 Å². The molecule has 2 unspecified atom stereocenters. The van der Waals surface area contributed by atoms with Gasteiger partial charge in [-0.05, 0) is 42.6 Å². The molecule has 2 atom stereocenters. The predicted molar refractivity (Wildman–Crippen MR) is 145 cm³/mol. The van der Waals surface area contributed by atoms with Crippen LogP contribution in [-0.2, 0) is 9.47 Å². The highest BCUT2D eigenvalue weighted by Gasteiger charge is 2.16. The van der Waals surface area contributed by atoms with Crippen molar-refractivity contribution in [3.63, 3.8) is 0 Å². The van der Waals surface area contributed by atoms with E-state index < -0.39 is 23.2 Å². The van der Waals surface area contributed by atoms with Crippen LogP contribution in [0.15, 0.2) is 122 Å². The summed E-state index contributed by atoms with van der Waals surface area (Å²) in [7, 11) is 0. The van der Waals surface area contributed by atoms with E-state index in [2.05, 4.69) is 52.6 Å². The third-order valence-electron chi connectivity index (χ3n) is 4.88. The Bertz CT molecular complexity index is 887. The highest BCUT2D eigenvalue weighted by atomic mass is 19.2. The van der Waals surface area contributed by atoms with E-state index in [9.17, 15) is 13.2 Å². The lowest BCUT2D eigenvalue weighted by Crippen LogP contribution is -2.14. The normalized spacial score (nSPS) is 13.6. The Morgan fingerprint density at radius 1 is 0.829 bits per heavy atom. The monoisotopic (exact) mass is 490 g/mol. The highest BCUT2D eigenvalue weighted by molar-refractivity contribution is 5.53. The summed E-state index contributed by atoms with van der Waals surface area (Å²) < 4.78 is 53.7. The number of allylic oxidation sites excluding steroid dienone is 10. The summed E-state index contributed by atoms with van der Waals surface area (Å²) in [6.07, 6.45) is 5.67. The topological polar surface area (TPSA) is 18.5 Å². The van der Waals surface area contributed by atoms with Gasteiger partial charge >= 0.3 is 0 Å². The van der Waals surface area contributed by atoms with E-state index in [1.807, 2.05) is 27.7 Å². The Hall–Kier alpha value is -3.05. The van der Waals surface area contributed by atoms with E-state index >= 15 is 0 Å². The van der Waals surface area contributed by atoms with Crippen LogP contribution in [-0.4, -0.2) is 19.3 Å². The maximum atomic E-state index is 14.6. The lowest BCUT2D eigenvalue weighted by atomic mass is 9.99. The third kappa shape index (κ3) is 12.8. The van der Waals surface area contributed by atoms with Crippen molar-refractivity contribution in [3.8, 4) is 0 Å². The second kappa shape index (κ2) is 18.3. The van der Waals surface area contributed by atoms with Gasteiger partial charge in [0.05, 0.1) is 19.3 Å². The Labute approximate surface area is 210 Å². The van der Waals surface area contributed by atoms with Gasteiger partial charge in [-0.1, -0.05) is 72.4 Å². The molecule has 0 radical (unpaired) electrons. The fraction of sp³-hybridized carbons (Fsp3) is 0.333. The second-order valence-electron chi connectivity index (χ2n) is 7.76. The first-order chi connectivity index (χ1) is 16.4. The van der Waals surface area contributed by atoms with Crippen molar-refractivity contribution < 1.29 is 22.6 Å². The lowest BCUT2D eigenvalue weighted by molar-refractivity contribution is 0.0493. The SMILES string of the molecule is C=C.C=C(/C=C\C(=C)C(=C)/C(F)=C\C(=C)C(C)COC(C)CC)C(=C)/C(F)=C(/F)C(=C)OCCC. The molecule has 0 aliphatic rings. The molecule has 0 aliphatic carbocycles. The van der Waals surface area contributed by atoms with Crippen LogP contribution in [0.1, 0.15) is 40.5 Å². The molecular formula is C30H41F3O2. The molecule has 0 aromatic rings. The van der Waals surface area contributed by atoms with Crippen LogP contribution in [0.2, 0.25) is 0 Å². The summed E-state index contributed by atoms with van der Waals surface area (Å²) in [5.74, 6) is -3.57. The molecule has 0 aromatic heterocycles. The van der Waals surface area contributed by atoms with E-state index in [0.717, 1.165) is 6.42 Å². The first kappa shape index (κ1) is 34.1. The summed E-state index contributed by atoms with van der Waals surface area (Å²) in [5.41, 5.74) is 0.603. The van der Waals surface area contributed by atoms with E-state index in [1.165, 1.54) is 18.2 Å². The van der Waals surface area contributed by atoms with E-state index in [-0.39, 0.29) is 40.9 Å². The van der Waals surface area contributed by atoms with Gasteiger partial charge in [-0.2, -0.15) is 4.39 Å². The van der Waals surface area contributed by atoms with E-state index in [4.69, 9.17) is 9.47 Å². The lowest BCUT2D eigenvalue weighted by Gasteiger charge is -2.16. The number of rotatable bonds is 16. The average Bonchev–Trinajstić information content (AvgIpc) is 2.87. The third-order valence-corrected chi connectivity index (χ3v) is 4.88. The molecule has 0 heterocycles. The first-order valence-corrected chi connectivity index (χ1v) is 11.4. The molecule has 0 saturated carbocycles. The molecule has 5 heteroatoms. The molecule has 2 nitrogen and oxygen atoms in total. The maximum absolute atomic E-state index is 14.6. The molecule has 0 aromatic carbocycles. The summed E-state index contributed by atoms with van der Waals surface area (Å²) in [6, 6.07) is 0. The van der Waals surface area contributed by atoms with Gasteiger partial charge in [-0.3, -0.25) is 0 Å². The summed E-state index contributed by atoms with van der Waals surface area (Å²) in [6.45, 7) is 36.3. The zero-order valence-electron chi connectivity index (χ0n) is 21.8. The minimum Gasteiger partial charge on any atom is -0.491 e. The summed E-state index contributed by atoms with van der Waals surface area (Å²) in [4.78, 5) is 0. The molecule has 0 N–H and O–H groups in total. The molecule has 0 aliphatic heterocycles. The fourth-order valence-electron chi connectivity index (χ4n) is 2.17. The molecule has 0 saturated heterocycles. The first-order valence-electron chi connectivity index (χ1n) is 11.4. The summed E-state index contributed by atoms with van der Waals surface area (Å²) >= 11 is 0. The Morgan fingerprint density at radius 2 is 1.34 bits per heavy atom. The minimum absolute atomic E-state index is 0.0318. The predicted octanol–water partition coefficient (Wildman–Crippen LogP) is 9.52. The Kier molecular flexibility index (Phi) is 17.8. The van der Waals surface area contributed by atoms with Crippen LogP contribution >= 0.6 is 0 Å². The van der Waals surface area contributed by atoms with E-state index in [0.29, 0.717) is 18.6 Å².